The van der Waals surface area contributed by atoms with Gasteiger partial charge in [0.05, 0.1) is 17.4 Å². The van der Waals surface area contributed by atoms with Crippen molar-refractivity contribution in [2.75, 3.05) is 25.9 Å². The highest BCUT2D eigenvalue weighted by atomic mass is 32.2. The number of hydrogen-bond donors (Lipinski definition) is 2. The van der Waals surface area contributed by atoms with Gasteiger partial charge in [0, 0.05) is 37.6 Å². The Hall–Kier alpha value is -1.38. The second-order valence-electron chi connectivity index (χ2n) is 6.99. The van der Waals surface area contributed by atoms with Gasteiger partial charge in [-0.15, -0.1) is 0 Å². The smallest absolute Gasteiger partial charge is 0.255 e. The lowest BCUT2D eigenvalue weighted by Gasteiger charge is -2.27. The van der Waals surface area contributed by atoms with E-state index in [1.807, 2.05) is 19.9 Å². The molecule has 8 heteroatoms. The molecule has 2 rings (SSSR count). The third kappa shape index (κ3) is 4.83. The minimum atomic E-state index is -3.35. The maximum Gasteiger partial charge on any atom is 0.255 e. The van der Waals surface area contributed by atoms with Gasteiger partial charge >= 0.3 is 0 Å². The molecule has 1 saturated heterocycles. The van der Waals surface area contributed by atoms with E-state index >= 15 is 0 Å². The minimum Gasteiger partial charge on any atom is -0.388 e. The van der Waals surface area contributed by atoms with Crippen LogP contribution in [0.3, 0.4) is 0 Å². The number of sulfonamides is 1. The maximum atomic E-state index is 12.9. The van der Waals surface area contributed by atoms with Gasteiger partial charge in [-0.05, 0) is 46.1 Å². The van der Waals surface area contributed by atoms with Crippen LogP contribution >= 0.6 is 0 Å². The molecule has 7 nitrogen and oxygen atoms in total. The second kappa shape index (κ2) is 7.47. The lowest BCUT2D eigenvalue weighted by molar-refractivity contribution is 0.0305. The van der Waals surface area contributed by atoms with Crippen molar-refractivity contribution in [1.29, 1.82) is 0 Å². The quantitative estimate of drug-likeness (QED) is 0.809. The number of aliphatic hydroxyl groups is 1. The summed E-state index contributed by atoms with van der Waals surface area (Å²) in [5, 5.41) is 10.7. The Morgan fingerprint density at radius 2 is 2.00 bits per heavy atom. The molecule has 2 heterocycles. The van der Waals surface area contributed by atoms with Crippen LogP contribution in [0.15, 0.2) is 6.07 Å². The van der Waals surface area contributed by atoms with Gasteiger partial charge in [0.15, 0.2) is 0 Å². The molecular weight excluding hydrogens is 342 g/mol. The number of aryl methyl sites for hydroxylation is 1. The first-order chi connectivity index (χ1) is 11.6. The molecular formula is C17H29N3O4S. The molecule has 2 N–H and O–H groups in total. The number of nitrogens with zero attached hydrogens (tertiary/aromatic N) is 2. The average molecular weight is 372 g/mol. The fourth-order valence-electron chi connectivity index (χ4n) is 3.50. The van der Waals surface area contributed by atoms with Crippen molar-refractivity contribution < 1.29 is 18.3 Å². The summed E-state index contributed by atoms with van der Waals surface area (Å²) in [6, 6.07) is 1.92. The van der Waals surface area contributed by atoms with E-state index in [1.54, 1.807) is 4.90 Å². The van der Waals surface area contributed by atoms with Crippen molar-refractivity contribution in [2.45, 2.75) is 52.2 Å². The van der Waals surface area contributed by atoms with Crippen LogP contribution in [0.2, 0.25) is 0 Å². The van der Waals surface area contributed by atoms with Crippen LogP contribution in [-0.2, 0) is 16.6 Å². The van der Waals surface area contributed by atoms with Crippen molar-refractivity contribution in [3.8, 4) is 0 Å². The summed E-state index contributed by atoms with van der Waals surface area (Å²) in [6.07, 6.45) is 2.54. The molecule has 1 atom stereocenters. The first-order valence-electron chi connectivity index (χ1n) is 8.69. The SMILES string of the molecule is CCn1c(C)cc(C(=O)N2CCCC(O)(CNS(C)(=O)=O)CC2)c1C. The second-order valence-corrected chi connectivity index (χ2v) is 8.83. The predicted molar refractivity (Wildman–Crippen MR) is 97.1 cm³/mol. The first-order valence-corrected chi connectivity index (χ1v) is 10.6. The molecule has 1 amide bonds. The number of carbonyl (C=O) groups is 1. The summed E-state index contributed by atoms with van der Waals surface area (Å²) < 4.78 is 27.0. The number of aromatic nitrogens is 1. The summed E-state index contributed by atoms with van der Waals surface area (Å²) >= 11 is 0. The summed E-state index contributed by atoms with van der Waals surface area (Å²) in [5.74, 6) is -0.0203. The molecule has 0 radical (unpaired) electrons. The third-order valence-corrected chi connectivity index (χ3v) is 5.66. The van der Waals surface area contributed by atoms with Crippen LogP contribution in [0.25, 0.3) is 0 Å². The average Bonchev–Trinajstić information content (AvgIpc) is 2.69. The first kappa shape index (κ1) is 19.9. The Labute approximate surface area is 150 Å². The fourth-order valence-corrected chi connectivity index (χ4v) is 4.03. The van der Waals surface area contributed by atoms with Gasteiger partial charge in [-0.1, -0.05) is 0 Å². The Morgan fingerprint density at radius 1 is 1.32 bits per heavy atom. The molecule has 25 heavy (non-hydrogen) atoms. The third-order valence-electron chi connectivity index (χ3n) is 4.99. The number of amides is 1. The lowest BCUT2D eigenvalue weighted by Crippen LogP contribution is -2.43. The highest BCUT2D eigenvalue weighted by Crippen LogP contribution is 2.24. The van der Waals surface area contributed by atoms with E-state index in [0.29, 0.717) is 37.9 Å². The molecule has 1 aliphatic heterocycles. The molecule has 142 valence electrons. The summed E-state index contributed by atoms with van der Waals surface area (Å²) in [6.45, 7) is 7.78. The van der Waals surface area contributed by atoms with E-state index in [-0.39, 0.29) is 12.5 Å². The standard InChI is InChI=1S/C17H29N3O4S/c1-5-20-13(2)11-15(14(20)3)16(21)19-9-6-7-17(22,8-10-19)12-18-25(4,23)24/h11,18,22H,5-10,12H2,1-4H3. The number of likely N-dealkylation sites (tertiary alicyclic amines) is 1. The lowest BCUT2D eigenvalue weighted by atomic mass is 9.95. The van der Waals surface area contributed by atoms with E-state index in [4.69, 9.17) is 0 Å². The van der Waals surface area contributed by atoms with Crippen molar-refractivity contribution >= 4 is 15.9 Å². The number of nitrogens with one attached hydrogen (secondary N) is 1. The fraction of sp³-hybridized carbons (Fsp3) is 0.706. The van der Waals surface area contributed by atoms with Gasteiger partial charge in [0.25, 0.3) is 5.91 Å². The van der Waals surface area contributed by atoms with Crippen LogP contribution in [-0.4, -0.2) is 60.4 Å². The molecule has 0 aromatic carbocycles. The van der Waals surface area contributed by atoms with Gasteiger partial charge in [0.2, 0.25) is 10.0 Å². The van der Waals surface area contributed by atoms with E-state index in [9.17, 15) is 18.3 Å². The Balaban J connectivity index is 2.09. The largest absolute Gasteiger partial charge is 0.388 e. The number of rotatable bonds is 5. The summed E-state index contributed by atoms with van der Waals surface area (Å²) in [5.41, 5.74) is 1.62. The van der Waals surface area contributed by atoms with Crippen LogP contribution in [0.4, 0.5) is 0 Å². The zero-order valence-electron chi connectivity index (χ0n) is 15.5. The van der Waals surface area contributed by atoms with Crippen LogP contribution in [0.1, 0.15) is 47.9 Å². The molecule has 1 fully saturated rings. The zero-order valence-corrected chi connectivity index (χ0v) is 16.3. The van der Waals surface area contributed by atoms with E-state index in [1.165, 1.54) is 0 Å². The summed E-state index contributed by atoms with van der Waals surface area (Å²) in [4.78, 5) is 14.7. The van der Waals surface area contributed by atoms with Crippen molar-refractivity contribution in [2.24, 2.45) is 0 Å². The van der Waals surface area contributed by atoms with Gasteiger partial charge < -0.3 is 14.6 Å². The topological polar surface area (TPSA) is 91.6 Å². The van der Waals surface area contributed by atoms with Crippen molar-refractivity contribution in [3.05, 3.63) is 23.0 Å². The molecule has 0 aliphatic carbocycles. The van der Waals surface area contributed by atoms with E-state index in [0.717, 1.165) is 24.2 Å². The maximum absolute atomic E-state index is 12.9. The Morgan fingerprint density at radius 3 is 2.56 bits per heavy atom. The van der Waals surface area contributed by atoms with Gasteiger partial charge in [-0.2, -0.15) is 0 Å². The summed E-state index contributed by atoms with van der Waals surface area (Å²) in [7, 11) is -3.35. The highest BCUT2D eigenvalue weighted by Gasteiger charge is 2.33. The molecule has 1 unspecified atom stereocenters. The van der Waals surface area contributed by atoms with E-state index in [2.05, 4.69) is 16.2 Å². The van der Waals surface area contributed by atoms with Gasteiger partial charge in [0.1, 0.15) is 0 Å². The molecule has 0 spiro atoms. The zero-order chi connectivity index (χ0) is 18.8. The van der Waals surface area contributed by atoms with Crippen LogP contribution in [0.5, 0.6) is 0 Å². The predicted octanol–water partition coefficient (Wildman–Crippen LogP) is 1.03. The van der Waals surface area contributed by atoms with Gasteiger partial charge in [-0.25, -0.2) is 13.1 Å². The van der Waals surface area contributed by atoms with Crippen molar-refractivity contribution in [3.63, 3.8) is 0 Å². The number of carbonyl (C=O) groups excluding carboxylic acids is 1. The molecule has 1 aliphatic rings. The molecule has 1 aromatic rings. The highest BCUT2D eigenvalue weighted by molar-refractivity contribution is 7.88. The molecule has 1 aromatic heterocycles. The van der Waals surface area contributed by atoms with Crippen molar-refractivity contribution in [1.82, 2.24) is 14.2 Å². The van der Waals surface area contributed by atoms with Crippen LogP contribution < -0.4 is 4.72 Å². The number of hydrogen-bond acceptors (Lipinski definition) is 4. The molecule has 0 saturated carbocycles. The van der Waals surface area contributed by atoms with Crippen LogP contribution in [0, 0.1) is 13.8 Å². The van der Waals surface area contributed by atoms with E-state index < -0.39 is 15.6 Å². The Bertz CT molecular complexity index is 741. The van der Waals surface area contributed by atoms with Gasteiger partial charge in [-0.3, -0.25) is 4.79 Å². The molecule has 0 bridgehead atoms. The monoisotopic (exact) mass is 371 g/mol. The normalized spacial score (nSPS) is 22.0. The minimum absolute atomic E-state index is 0.0157. The Kier molecular flexibility index (Phi) is 5.96.